The number of carbonyl (C=O) groups is 1. The van der Waals surface area contributed by atoms with Gasteiger partial charge in [0.2, 0.25) is 0 Å². The van der Waals surface area contributed by atoms with Crippen LogP contribution < -0.4 is 15.4 Å². The maximum Gasteiger partial charge on any atom is 0.313 e. The Labute approximate surface area is 196 Å². The molecule has 2 aromatic carbocycles. The van der Waals surface area contributed by atoms with Gasteiger partial charge in [0.1, 0.15) is 0 Å². The molecule has 6 nitrogen and oxygen atoms in total. The van der Waals surface area contributed by atoms with E-state index < -0.39 is 0 Å². The van der Waals surface area contributed by atoms with Gasteiger partial charge >= 0.3 is 5.97 Å². The van der Waals surface area contributed by atoms with E-state index in [1.54, 1.807) is 6.20 Å². The van der Waals surface area contributed by atoms with Gasteiger partial charge in [-0.2, -0.15) is 0 Å². The van der Waals surface area contributed by atoms with Crippen molar-refractivity contribution in [1.29, 1.82) is 0 Å². The average molecular weight is 445 g/mol. The fraction of sp³-hybridized carbons (Fsp3) is 0.333. The number of nitrogens with zero attached hydrogens (tertiary/aromatic N) is 3. The summed E-state index contributed by atoms with van der Waals surface area (Å²) in [5, 5.41) is 0. The van der Waals surface area contributed by atoms with Crippen LogP contribution in [-0.4, -0.2) is 42.0 Å². The quantitative estimate of drug-likeness (QED) is 0.554. The molecule has 0 unspecified atom stereocenters. The van der Waals surface area contributed by atoms with Gasteiger partial charge in [0.25, 0.3) is 0 Å². The zero-order valence-corrected chi connectivity index (χ0v) is 19.4. The predicted octanol–water partition coefficient (Wildman–Crippen LogP) is 4.09. The van der Waals surface area contributed by atoms with Gasteiger partial charge in [-0.3, -0.25) is 9.69 Å². The van der Waals surface area contributed by atoms with Crippen molar-refractivity contribution < 1.29 is 9.53 Å². The third kappa shape index (κ3) is 5.41. The SMILES string of the molecule is CC(C)C(=O)Oc1c(-c2ccccc2)ccnc1N1CCN(Cc2ccccc2CN)CC1. The third-order valence-corrected chi connectivity index (χ3v) is 6.05. The van der Waals surface area contributed by atoms with Crippen LogP contribution in [0.2, 0.25) is 0 Å². The van der Waals surface area contributed by atoms with E-state index in [-0.39, 0.29) is 11.9 Å². The lowest BCUT2D eigenvalue weighted by Crippen LogP contribution is -2.46. The molecule has 0 spiro atoms. The fourth-order valence-electron chi connectivity index (χ4n) is 4.10. The summed E-state index contributed by atoms with van der Waals surface area (Å²) in [6.45, 7) is 8.54. The Kier molecular flexibility index (Phi) is 7.37. The molecule has 0 atom stereocenters. The lowest BCUT2D eigenvalue weighted by molar-refractivity contribution is -0.137. The van der Waals surface area contributed by atoms with E-state index in [1.165, 1.54) is 11.1 Å². The van der Waals surface area contributed by atoms with Crippen molar-refractivity contribution in [1.82, 2.24) is 9.88 Å². The van der Waals surface area contributed by atoms with E-state index in [9.17, 15) is 4.79 Å². The van der Waals surface area contributed by atoms with Gasteiger partial charge in [0.05, 0.1) is 5.92 Å². The summed E-state index contributed by atoms with van der Waals surface area (Å²) in [7, 11) is 0. The number of esters is 1. The van der Waals surface area contributed by atoms with Crippen molar-refractivity contribution in [3.8, 4) is 16.9 Å². The minimum absolute atomic E-state index is 0.221. The highest BCUT2D eigenvalue weighted by Crippen LogP contribution is 2.38. The van der Waals surface area contributed by atoms with Crippen LogP contribution in [0.15, 0.2) is 66.9 Å². The summed E-state index contributed by atoms with van der Waals surface area (Å²) in [6, 6.07) is 20.3. The van der Waals surface area contributed by atoms with Crippen LogP contribution in [0.25, 0.3) is 11.1 Å². The predicted molar refractivity (Wildman–Crippen MR) is 132 cm³/mol. The van der Waals surface area contributed by atoms with Crippen molar-refractivity contribution in [2.75, 3.05) is 31.1 Å². The minimum atomic E-state index is -0.251. The number of ether oxygens (including phenoxy) is 1. The van der Waals surface area contributed by atoms with Crippen molar-refractivity contribution in [3.05, 3.63) is 78.0 Å². The minimum Gasteiger partial charge on any atom is -0.422 e. The van der Waals surface area contributed by atoms with Crippen LogP contribution in [0.4, 0.5) is 5.82 Å². The van der Waals surface area contributed by atoms with E-state index in [0.717, 1.165) is 49.7 Å². The number of nitrogens with two attached hydrogens (primary N) is 1. The molecule has 1 aliphatic rings. The van der Waals surface area contributed by atoms with Gasteiger partial charge in [0, 0.05) is 51.0 Å². The molecular formula is C27H32N4O2. The Hall–Kier alpha value is -3.22. The number of carbonyl (C=O) groups excluding carboxylic acids is 1. The second kappa shape index (κ2) is 10.6. The fourth-order valence-corrected chi connectivity index (χ4v) is 4.10. The summed E-state index contributed by atoms with van der Waals surface area (Å²) in [6.07, 6.45) is 1.80. The van der Waals surface area contributed by atoms with Gasteiger partial charge < -0.3 is 15.4 Å². The van der Waals surface area contributed by atoms with Crippen LogP contribution in [0.1, 0.15) is 25.0 Å². The summed E-state index contributed by atoms with van der Waals surface area (Å²) in [5.74, 6) is 0.802. The number of hydrogen-bond acceptors (Lipinski definition) is 6. The monoisotopic (exact) mass is 444 g/mol. The van der Waals surface area contributed by atoms with Gasteiger partial charge in [-0.25, -0.2) is 4.98 Å². The highest BCUT2D eigenvalue weighted by molar-refractivity contribution is 5.83. The van der Waals surface area contributed by atoms with E-state index >= 15 is 0 Å². The molecule has 1 fully saturated rings. The van der Waals surface area contributed by atoms with Gasteiger partial charge in [-0.15, -0.1) is 0 Å². The summed E-state index contributed by atoms with van der Waals surface area (Å²) >= 11 is 0. The average Bonchev–Trinajstić information content (AvgIpc) is 2.85. The number of aromatic nitrogens is 1. The zero-order chi connectivity index (χ0) is 23.2. The largest absolute Gasteiger partial charge is 0.422 e. The molecular weight excluding hydrogens is 412 g/mol. The molecule has 0 radical (unpaired) electrons. The Morgan fingerprint density at radius 3 is 2.30 bits per heavy atom. The van der Waals surface area contributed by atoms with Crippen LogP contribution >= 0.6 is 0 Å². The number of piperazine rings is 1. The number of rotatable bonds is 7. The third-order valence-electron chi connectivity index (χ3n) is 6.05. The molecule has 4 rings (SSSR count). The molecule has 2 N–H and O–H groups in total. The molecule has 0 aliphatic carbocycles. The Bertz CT molecular complexity index is 1080. The lowest BCUT2D eigenvalue weighted by Gasteiger charge is -2.36. The molecule has 33 heavy (non-hydrogen) atoms. The van der Waals surface area contributed by atoms with Crippen LogP contribution in [-0.2, 0) is 17.9 Å². The molecule has 2 heterocycles. The Morgan fingerprint density at radius 1 is 0.970 bits per heavy atom. The normalized spacial score (nSPS) is 14.5. The first-order valence-corrected chi connectivity index (χ1v) is 11.6. The first kappa shape index (κ1) is 23.0. The number of anilines is 1. The molecule has 1 aromatic heterocycles. The maximum atomic E-state index is 12.6. The highest BCUT2D eigenvalue weighted by Gasteiger charge is 2.25. The molecule has 3 aromatic rings. The van der Waals surface area contributed by atoms with E-state index in [1.807, 2.05) is 56.3 Å². The second-order valence-electron chi connectivity index (χ2n) is 8.69. The smallest absolute Gasteiger partial charge is 0.313 e. The summed E-state index contributed by atoms with van der Waals surface area (Å²) in [5.41, 5.74) is 10.3. The molecule has 1 saturated heterocycles. The standard InChI is InChI=1S/C27H32N4O2/c1-20(2)27(32)33-25-24(21-8-4-3-5-9-21)12-13-29-26(25)31-16-14-30(15-17-31)19-23-11-7-6-10-22(23)18-28/h3-13,20H,14-19,28H2,1-2H3. The Balaban J connectivity index is 1.56. The van der Waals surface area contributed by atoms with Crippen molar-refractivity contribution in [2.24, 2.45) is 11.7 Å². The van der Waals surface area contributed by atoms with E-state index in [2.05, 4.69) is 33.0 Å². The van der Waals surface area contributed by atoms with Gasteiger partial charge in [-0.1, -0.05) is 68.4 Å². The summed E-state index contributed by atoms with van der Waals surface area (Å²) < 4.78 is 5.93. The van der Waals surface area contributed by atoms with Crippen LogP contribution in [0.5, 0.6) is 5.75 Å². The van der Waals surface area contributed by atoms with Crippen molar-refractivity contribution >= 4 is 11.8 Å². The van der Waals surface area contributed by atoms with Crippen LogP contribution in [0, 0.1) is 5.92 Å². The molecule has 1 aliphatic heterocycles. The summed E-state index contributed by atoms with van der Waals surface area (Å²) in [4.78, 5) is 21.9. The highest BCUT2D eigenvalue weighted by atomic mass is 16.5. The number of benzene rings is 2. The molecule has 6 heteroatoms. The lowest BCUT2D eigenvalue weighted by atomic mass is 10.1. The first-order chi connectivity index (χ1) is 16.1. The molecule has 0 saturated carbocycles. The molecule has 0 bridgehead atoms. The maximum absolute atomic E-state index is 12.6. The Morgan fingerprint density at radius 2 is 1.64 bits per heavy atom. The second-order valence-corrected chi connectivity index (χ2v) is 8.69. The van der Waals surface area contributed by atoms with Crippen molar-refractivity contribution in [2.45, 2.75) is 26.9 Å². The molecule has 0 amide bonds. The molecule has 172 valence electrons. The van der Waals surface area contributed by atoms with E-state index in [0.29, 0.717) is 12.3 Å². The van der Waals surface area contributed by atoms with Gasteiger partial charge in [-0.05, 0) is 22.8 Å². The van der Waals surface area contributed by atoms with Crippen LogP contribution in [0.3, 0.4) is 0 Å². The number of hydrogen-bond donors (Lipinski definition) is 1. The topological polar surface area (TPSA) is 71.7 Å². The number of pyridine rings is 1. The first-order valence-electron chi connectivity index (χ1n) is 11.6. The van der Waals surface area contributed by atoms with E-state index in [4.69, 9.17) is 10.5 Å². The van der Waals surface area contributed by atoms with Crippen molar-refractivity contribution in [3.63, 3.8) is 0 Å². The zero-order valence-electron chi connectivity index (χ0n) is 19.4. The van der Waals surface area contributed by atoms with Gasteiger partial charge in [0.15, 0.2) is 11.6 Å².